The third kappa shape index (κ3) is 6.97. The number of nitrogens with zero attached hydrogens (tertiary/aromatic N) is 1. The Kier molecular flexibility index (Phi) is 8.66. The molecule has 2 fully saturated rings. The van der Waals surface area contributed by atoms with Crippen LogP contribution < -0.4 is 14.8 Å². The predicted octanol–water partition coefficient (Wildman–Crippen LogP) is 4.96. The summed E-state index contributed by atoms with van der Waals surface area (Å²) in [5.41, 5.74) is 0.0112. The van der Waals surface area contributed by atoms with E-state index in [4.69, 9.17) is 4.74 Å². The van der Waals surface area contributed by atoms with Crippen LogP contribution in [-0.4, -0.2) is 50.4 Å². The number of ether oxygens (including phenoxy) is 1. The number of halogens is 1. The Morgan fingerprint density at radius 3 is 2.28 bits per heavy atom. The summed E-state index contributed by atoms with van der Waals surface area (Å²) in [6, 6.07) is 9.04. The number of anilines is 1. The van der Waals surface area contributed by atoms with E-state index in [2.05, 4.69) is 10.0 Å². The van der Waals surface area contributed by atoms with Crippen molar-refractivity contribution in [1.82, 2.24) is 9.62 Å². The monoisotopic (exact) mass is 559 g/mol. The lowest BCUT2D eigenvalue weighted by Crippen LogP contribution is -2.43. The van der Waals surface area contributed by atoms with Crippen molar-refractivity contribution in [3.8, 4) is 5.75 Å². The van der Waals surface area contributed by atoms with Gasteiger partial charge in [0.25, 0.3) is 5.91 Å². The van der Waals surface area contributed by atoms with E-state index in [1.807, 2.05) is 0 Å². The highest BCUT2D eigenvalue weighted by Crippen LogP contribution is 2.38. The molecule has 2 N–H and O–H groups in total. The van der Waals surface area contributed by atoms with Crippen LogP contribution in [0.25, 0.3) is 0 Å². The maximum atomic E-state index is 13.6. The number of hydrogen-bond acceptors (Lipinski definition) is 5. The highest BCUT2D eigenvalue weighted by atomic mass is 32.2. The molecule has 4 rings (SSSR count). The lowest BCUT2D eigenvalue weighted by atomic mass is 9.79. The molecule has 1 heterocycles. The molecule has 0 bridgehead atoms. The van der Waals surface area contributed by atoms with Crippen molar-refractivity contribution in [2.24, 2.45) is 11.8 Å². The molecule has 39 heavy (non-hydrogen) atoms. The molecular formula is C29H38FN3O5S. The molecule has 2 amide bonds. The number of carbonyl (C=O) groups is 2. The summed E-state index contributed by atoms with van der Waals surface area (Å²) >= 11 is 0. The predicted molar refractivity (Wildman–Crippen MR) is 148 cm³/mol. The molecule has 1 saturated carbocycles. The zero-order valence-corrected chi connectivity index (χ0v) is 23.8. The molecule has 0 aromatic heterocycles. The molecule has 0 spiro atoms. The van der Waals surface area contributed by atoms with Crippen molar-refractivity contribution in [2.75, 3.05) is 19.0 Å². The van der Waals surface area contributed by atoms with E-state index in [0.717, 1.165) is 25.7 Å². The fourth-order valence-corrected chi connectivity index (χ4v) is 7.27. The van der Waals surface area contributed by atoms with Crippen molar-refractivity contribution in [3.63, 3.8) is 0 Å². The first-order valence-electron chi connectivity index (χ1n) is 13.5. The van der Waals surface area contributed by atoms with Gasteiger partial charge in [0.1, 0.15) is 22.5 Å². The second kappa shape index (κ2) is 11.6. The smallest absolute Gasteiger partial charge is 0.254 e. The van der Waals surface area contributed by atoms with Gasteiger partial charge >= 0.3 is 0 Å². The lowest BCUT2D eigenvalue weighted by Gasteiger charge is -2.27. The van der Waals surface area contributed by atoms with Crippen LogP contribution in [0.1, 0.15) is 69.7 Å². The standard InChI is InChI=1S/C29H38FN3O5S/c1-29(2,3)32-39(36,37)26-15-14-23(17-25(26)38-4)31-27(34)24-16-21(19-8-6-5-7-9-19)18-33(24)28(35)20-10-12-22(30)13-11-20/h10-15,17,19,21,24,32H,5-9,16,18H2,1-4H3,(H,31,34)/t21-,24+/m1/s1. The Bertz CT molecular complexity index is 1300. The van der Waals surface area contributed by atoms with Gasteiger partial charge in [-0.15, -0.1) is 0 Å². The Morgan fingerprint density at radius 1 is 1.00 bits per heavy atom. The van der Waals surface area contributed by atoms with Crippen molar-refractivity contribution in [1.29, 1.82) is 0 Å². The molecule has 0 radical (unpaired) electrons. The van der Waals surface area contributed by atoms with Gasteiger partial charge in [0, 0.05) is 29.4 Å². The first-order valence-corrected chi connectivity index (χ1v) is 15.0. The van der Waals surface area contributed by atoms with E-state index in [0.29, 0.717) is 30.1 Å². The minimum Gasteiger partial charge on any atom is -0.495 e. The van der Waals surface area contributed by atoms with Gasteiger partial charge in [0.2, 0.25) is 15.9 Å². The van der Waals surface area contributed by atoms with Crippen molar-refractivity contribution in [3.05, 3.63) is 53.8 Å². The summed E-state index contributed by atoms with van der Waals surface area (Å²) in [5.74, 6) is -0.333. The number of sulfonamides is 1. The van der Waals surface area contributed by atoms with E-state index in [-0.39, 0.29) is 28.4 Å². The highest BCUT2D eigenvalue weighted by molar-refractivity contribution is 7.89. The molecule has 0 unspecified atom stereocenters. The molecule has 2 aromatic rings. The van der Waals surface area contributed by atoms with E-state index < -0.39 is 27.4 Å². The fraction of sp³-hybridized carbons (Fsp3) is 0.517. The summed E-state index contributed by atoms with van der Waals surface area (Å²) in [5, 5.41) is 2.87. The topological polar surface area (TPSA) is 105 Å². The maximum Gasteiger partial charge on any atom is 0.254 e. The first-order chi connectivity index (χ1) is 18.4. The third-order valence-corrected chi connectivity index (χ3v) is 9.26. The number of benzene rings is 2. The number of carbonyl (C=O) groups excluding carboxylic acids is 2. The number of hydrogen-bond donors (Lipinski definition) is 2. The summed E-state index contributed by atoms with van der Waals surface area (Å²) in [4.78, 5) is 28.6. The average molecular weight is 560 g/mol. The summed E-state index contributed by atoms with van der Waals surface area (Å²) in [7, 11) is -2.50. The molecular weight excluding hydrogens is 521 g/mol. The van der Waals surface area contributed by atoms with E-state index in [1.54, 1.807) is 25.7 Å². The van der Waals surface area contributed by atoms with Gasteiger partial charge in [-0.3, -0.25) is 9.59 Å². The summed E-state index contributed by atoms with van der Waals surface area (Å²) in [6.07, 6.45) is 6.25. The Morgan fingerprint density at radius 2 is 1.67 bits per heavy atom. The molecule has 1 aliphatic carbocycles. The van der Waals surface area contributed by atoms with Gasteiger partial charge in [0.05, 0.1) is 7.11 Å². The van der Waals surface area contributed by atoms with Crippen molar-refractivity contribution < 1.29 is 27.1 Å². The van der Waals surface area contributed by atoms with Crippen LogP contribution in [0.2, 0.25) is 0 Å². The van der Waals surface area contributed by atoms with Crippen LogP contribution in [0, 0.1) is 17.7 Å². The minimum absolute atomic E-state index is 0.0377. The number of nitrogens with one attached hydrogen (secondary N) is 2. The number of amides is 2. The molecule has 1 aliphatic heterocycles. The van der Waals surface area contributed by atoms with Crippen molar-refractivity contribution >= 4 is 27.5 Å². The first kappa shape index (κ1) is 29.0. The summed E-state index contributed by atoms with van der Waals surface area (Å²) in [6.45, 7) is 5.70. The molecule has 2 atom stereocenters. The zero-order valence-electron chi connectivity index (χ0n) is 23.0. The minimum atomic E-state index is -3.86. The van der Waals surface area contributed by atoms with E-state index in [9.17, 15) is 22.4 Å². The van der Waals surface area contributed by atoms with Crippen LogP contribution in [0.4, 0.5) is 10.1 Å². The Balaban J connectivity index is 1.57. The SMILES string of the molecule is COc1cc(NC(=O)[C@@H]2C[C@@H](C3CCCCC3)CN2C(=O)c2ccc(F)cc2)ccc1S(=O)(=O)NC(C)(C)C. The average Bonchev–Trinajstić information content (AvgIpc) is 3.33. The van der Waals surface area contributed by atoms with Crippen LogP contribution in [0.5, 0.6) is 5.75 Å². The maximum absolute atomic E-state index is 13.6. The largest absolute Gasteiger partial charge is 0.495 e. The zero-order chi connectivity index (χ0) is 28.4. The molecule has 2 aliphatic rings. The number of rotatable bonds is 7. The van der Waals surface area contributed by atoms with Crippen LogP contribution in [-0.2, 0) is 14.8 Å². The fourth-order valence-electron chi connectivity index (χ4n) is 5.70. The third-order valence-electron chi connectivity index (χ3n) is 7.47. The van der Waals surface area contributed by atoms with Crippen LogP contribution in [0.3, 0.4) is 0 Å². The van der Waals surface area contributed by atoms with E-state index >= 15 is 0 Å². The molecule has 2 aromatic carbocycles. The Hall–Kier alpha value is -2.98. The highest BCUT2D eigenvalue weighted by Gasteiger charge is 2.42. The van der Waals surface area contributed by atoms with Gasteiger partial charge < -0.3 is 15.0 Å². The number of likely N-dealkylation sites (tertiary alicyclic amines) is 1. The van der Waals surface area contributed by atoms with Crippen LogP contribution >= 0.6 is 0 Å². The molecule has 212 valence electrons. The Labute approximate surface area is 230 Å². The van der Waals surface area contributed by atoms with Gasteiger partial charge in [0.15, 0.2) is 0 Å². The van der Waals surface area contributed by atoms with Crippen LogP contribution in [0.15, 0.2) is 47.4 Å². The second-order valence-electron chi connectivity index (χ2n) is 11.6. The summed E-state index contributed by atoms with van der Waals surface area (Å²) < 4.78 is 47.2. The van der Waals surface area contributed by atoms with Gasteiger partial charge in [-0.25, -0.2) is 17.5 Å². The van der Waals surface area contributed by atoms with Crippen molar-refractivity contribution in [2.45, 2.75) is 75.8 Å². The van der Waals surface area contributed by atoms with Gasteiger partial charge in [-0.1, -0.05) is 32.1 Å². The van der Waals surface area contributed by atoms with Gasteiger partial charge in [-0.05, 0) is 75.4 Å². The number of methoxy groups -OCH3 is 1. The van der Waals surface area contributed by atoms with E-state index in [1.165, 1.54) is 56.0 Å². The molecule has 10 heteroatoms. The molecule has 1 saturated heterocycles. The van der Waals surface area contributed by atoms with Gasteiger partial charge in [-0.2, -0.15) is 0 Å². The quantitative estimate of drug-likeness (QED) is 0.499. The lowest BCUT2D eigenvalue weighted by molar-refractivity contribution is -0.119. The molecule has 8 nitrogen and oxygen atoms in total. The normalized spacial score (nSPS) is 20.6. The second-order valence-corrected chi connectivity index (χ2v) is 13.2.